The van der Waals surface area contributed by atoms with Gasteiger partial charge in [-0.25, -0.2) is 0 Å². The molecule has 0 saturated carbocycles. The molecule has 1 aromatic carbocycles. The number of nitrogens with zero attached hydrogens (tertiary/aromatic N) is 2. The molecule has 2 saturated heterocycles. The monoisotopic (exact) mass is 343 g/mol. The van der Waals surface area contributed by atoms with Crippen molar-refractivity contribution >= 4 is 17.3 Å². The average Bonchev–Trinajstić information content (AvgIpc) is 2.55. The van der Waals surface area contributed by atoms with Gasteiger partial charge in [0, 0.05) is 31.0 Å². The summed E-state index contributed by atoms with van der Waals surface area (Å²) in [4.78, 5) is 14.5. The molecule has 0 bridgehead atoms. The van der Waals surface area contributed by atoms with Crippen molar-refractivity contribution in [2.45, 2.75) is 24.6 Å². The van der Waals surface area contributed by atoms with Crippen molar-refractivity contribution < 1.29 is 22.7 Å². The molecule has 0 aromatic heterocycles. The smallest absolute Gasteiger partial charge is 0.399 e. The predicted molar refractivity (Wildman–Crippen MR) is 83.6 cm³/mol. The van der Waals surface area contributed by atoms with E-state index in [1.54, 1.807) is 0 Å². The van der Waals surface area contributed by atoms with Gasteiger partial charge < -0.3 is 20.3 Å². The third-order valence-corrected chi connectivity index (χ3v) is 4.71. The lowest BCUT2D eigenvalue weighted by atomic mass is 9.89. The second kappa shape index (κ2) is 6.16. The van der Waals surface area contributed by atoms with Gasteiger partial charge in [0.25, 0.3) is 0 Å². The van der Waals surface area contributed by atoms with Crippen LogP contribution in [-0.2, 0) is 9.53 Å². The molecule has 2 heterocycles. The van der Waals surface area contributed by atoms with E-state index in [-0.39, 0.29) is 19.7 Å². The van der Waals surface area contributed by atoms with Gasteiger partial charge in [0.05, 0.1) is 18.8 Å². The molecule has 0 radical (unpaired) electrons. The Morgan fingerprint density at radius 2 is 1.75 bits per heavy atom. The van der Waals surface area contributed by atoms with Gasteiger partial charge in [-0.15, -0.1) is 0 Å². The average molecular weight is 343 g/mol. The number of rotatable bonds is 1. The first-order valence-corrected chi connectivity index (χ1v) is 7.90. The number of ether oxygens (including phenoxy) is 1. The molecule has 24 heavy (non-hydrogen) atoms. The van der Waals surface area contributed by atoms with Crippen LogP contribution in [0.5, 0.6) is 0 Å². The Kier molecular flexibility index (Phi) is 4.33. The zero-order valence-electron chi connectivity index (χ0n) is 13.2. The molecule has 0 aliphatic carbocycles. The number of carbonyl (C=O) groups excluding carboxylic acids is 1. The SMILES string of the molecule is Nc1ccc(N2CCC3(CC2)CN(C(=O)C(F)(F)F)CCO3)cc1. The summed E-state index contributed by atoms with van der Waals surface area (Å²) in [6.07, 6.45) is -3.67. The van der Waals surface area contributed by atoms with E-state index in [9.17, 15) is 18.0 Å². The summed E-state index contributed by atoms with van der Waals surface area (Å²) in [5, 5.41) is 0. The fourth-order valence-corrected chi connectivity index (χ4v) is 3.36. The number of hydrogen-bond acceptors (Lipinski definition) is 4. The Bertz CT molecular complexity index is 596. The molecule has 2 N–H and O–H groups in total. The third-order valence-electron chi connectivity index (χ3n) is 4.71. The first-order chi connectivity index (χ1) is 11.3. The Morgan fingerprint density at radius 1 is 1.12 bits per heavy atom. The van der Waals surface area contributed by atoms with E-state index in [0.717, 1.165) is 10.6 Å². The zero-order chi connectivity index (χ0) is 17.4. The summed E-state index contributed by atoms with van der Waals surface area (Å²) in [7, 11) is 0. The third kappa shape index (κ3) is 3.43. The highest BCUT2D eigenvalue weighted by molar-refractivity contribution is 5.82. The molecule has 0 atom stereocenters. The lowest BCUT2D eigenvalue weighted by molar-refractivity contribution is -0.198. The second-order valence-electron chi connectivity index (χ2n) is 6.33. The molecule has 1 spiro atoms. The molecule has 8 heteroatoms. The minimum Gasteiger partial charge on any atom is -0.399 e. The highest BCUT2D eigenvalue weighted by Crippen LogP contribution is 2.33. The zero-order valence-corrected chi connectivity index (χ0v) is 13.2. The fraction of sp³-hybridized carbons (Fsp3) is 0.562. The summed E-state index contributed by atoms with van der Waals surface area (Å²) >= 11 is 0. The Morgan fingerprint density at radius 3 is 2.33 bits per heavy atom. The number of alkyl halides is 3. The van der Waals surface area contributed by atoms with E-state index in [1.807, 2.05) is 24.3 Å². The molecule has 1 aromatic rings. The molecule has 3 rings (SSSR count). The van der Waals surface area contributed by atoms with Gasteiger partial charge in [0.15, 0.2) is 0 Å². The molecule has 0 unspecified atom stereocenters. The molecule has 1 amide bonds. The van der Waals surface area contributed by atoms with E-state index in [2.05, 4.69) is 4.90 Å². The largest absolute Gasteiger partial charge is 0.471 e. The van der Waals surface area contributed by atoms with Crippen LogP contribution in [0.15, 0.2) is 24.3 Å². The van der Waals surface area contributed by atoms with Crippen LogP contribution in [0.25, 0.3) is 0 Å². The maximum Gasteiger partial charge on any atom is 0.471 e. The molecule has 2 aliphatic heterocycles. The van der Waals surface area contributed by atoms with Crippen LogP contribution < -0.4 is 10.6 Å². The van der Waals surface area contributed by atoms with E-state index in [4.69, 9.17) is 10.5 Å². The topological polar surface area (TPSA) is 58.8 Å². The minimum absolute atomic E-state index is 0.000914. The molecule has 5 nitrogen and oxygen atoms in total. The van der Waals surface area contributed by atoms with Crippen molar-refractivity contribution in [3.05, 3.63) is 24.3 Å². The van der Waals surface area contributed by atoms with Crippen molar-refractivity contribution in [3.63, 3.8) is 0 Å². The van der Waals surface area contributed by atoms with Crippen molar-refractivity contribution in [1.29, 1.82) is 0 Å². The Balaban J connectivity index is 1.64. The van der Waals surface area contributed by atoms with Crippen LogP contribution in [0.1, 0.15) is 12.8 Å². The second-order valence-corrected chi connectivity index (χ2v) is 6.33. The number of piperidine rings is 1. The van der Waals surface area contributed by atoms with Crippen LogP contribution in [0.3, 0.4) is 0 Å². The number of carbonyl (C=O) groups is 1. The summed E-state index contributed by atoms with van der Waals surface area (Å²) in [5.41, 5.74) is 6.71. The predicted octanol–water partition coefficient (Wildman–Crippen LogP) is 2.03. The van der Waals surface area contributed by atoms with Gasteiger partial charge in [0.2, 0.25) is 0 Å². The van der Waals surface area contributed by atoms with Crippen molar-refractivity contribution in [1.82, 2.24) is 4.90 Å². The van der Waals surface area contributed by atoms with Crippen molar-refractivity contribution in [3.8, 4) is 0 Å². The van der Waals surface area contributed by atoms with Gasteiger partial charge >= 0.3 is 12.1 Å². The van der Waals surface area contributed by atoms with Crippen molar-refractivity contribution in [2.75, 3.05) is 43.4 Å². The van der Waals surface area contributed by atoms with E-state index in [0.29, 0.717) is 31.6 Å². The standard InChI is InChI=1S/C16H20F3N3O2/c17-16(18,19)14(23)22-9-10-24-15(11-22)5-7-21(8-6-15)13-3-1-12(20)2-4-13/h1-4H,5-11,20H2. The van der Waals surface area contributed by atoms with Gasteiger partial charge in [-0.1, -0.05) is 0 Å². The lowest BCUT2D eigenvalue weighted by Gasteiger charge is -2.47. The molecular formula is C16H20F3N3O2. The summed E-state index contributed by atoms with van der Waals surface area (Å²) in [6, 6.07) is 7.49. The highest BCUT2D eigenvalue weighted by Gasteiger charge is 2.48. The first-order valence-electron chi connectivity index (χ1n) is 7.90. The van der Waals surface area contributed by atoms with Crippen LogP contribution in [0.4, 0.5) is 24.5 Å². The number of benzene rings is 1. The number of morpholine rings is 1. The van der Waals surface area contributed by atoms with E-state index in [1.165, 1.54) is 0 Å². The Hall–Kier alpha value is -1.96. The van der Waals surface area contributed by atoms with Gasteiger partial charge in [-0.05, 0) is 37.1 Å². The fourth-order valence-electron chi connectivity index (χ4n) is 3.36. The number of anilines is 2. The molecule has 2 fully saturated rings. The number of halogens is 3. The number of nitrogen functional groups attached to an aromatic ring is 1. The first kappa shape index (κ1) is 16.9. The van der Waals surface area contributed by atoms with E-state index >= 15 is 0 Å². The van der Waals surface area contributed by atoms with Gasteiger partial charge in [0.1, 0.15) is 0 Å². The van der Waals surface area contributed by atoms with E-state index < -0.39 is 17.7 Å². The number of amides is 1. The molecular weight excluding hydrogens is 323 g/mol. The van der Waals surface area contributed by atoms with Gasteiger partial charge in [-0.2, -0.15) is 13.2 Å². The summed E-state index contributed by atoms with van der Waals surface area (Å²) in [6.45, 7) is 1.46. The number of hydrogen-bond donors (Lipinski definition) is 1. The minimum atomic E-state index is -4.83. The molecule has 132 valence electrons. The molecule has 2 aliphatic rings. The summed E-state index contributed by atoms with van der Waals surface area (Å²) < 4.78 is 43.8. The highest BCUT2D eigenvalue weighted by atomic mass is 19.4. The van der Waals surface area contributed by atoms with Crippen LogP contribution >= 0.6 is 0 Å². The maximum atomic E-state index is 12.7. The summed E-state index contributed by atoms with van der Waals surface area (Å²) in [5.74, 6) is -1.77. The van der Waals surface area contributed by atoms with Crippen LogP contribution in [0, 0.1) is 0 Å². The lowest BCUT2D eigenvalue weighted by Crippen LogP contribution is -2.59. The quantitative estimate of drug-likeness (QED) is 0.793. The van der Waals surface area contributed by atoms with Crippen LogP contribution in [0.2, 0.25) is 0 Å². The van der Waals surface area contributed by atoms with Crippen LogP contribution in [-0.4, -0.2) is 55.4 Å². The van der Waals surface area contributed by atoms with Gasteiger partial charge in [-0.3, -0.25) is 4.79 Å². The normalized spacial score (nSPS) is 21.1. The van der Waals surface area contributed by atoms with Crippen molar-refractivity contribution in [2.24, 2.45) is 0 Å². The Labute approximate surface area is 138 Å². The number of nitrogens with two attached hydrogens (primary N) is 1. The maximum absolute atomic E-state index is 12.7.